The second-order valence-electron chi connectivity index (χ2n) is 6.49. The lowest BCUT2D eigenvalue weighted by molar-refractivity contribution is 0.0926. The fraction of sp³-hybridized carbons (Fsp3) is 0.250. The summed E-state index contributed by atoms with van der Waals surface area (Å²) in [6, 6.07) is 13.6. The van der Waals surface area contributed by atoms with E-state index in [4.69, 9.17) is 4.98 Å². The molecule has 0 unspecified atom stereocenters. The average Bonchev–Trinajstić information content (AvgIpc) is 2.74. The van der Waals surface area contributed by atoms with Gasteiger partial charge in [0.1, 0.15) is 23.9 Å². The Bertz CT molecular complexity index is 1010. The predicted molar refractivity (Wildman–Crippen MR) is 101 cm³/mol. The molecule has 1 aliphatic heterocycles. The van der Waals surface area contributed by atoms with Gasteiger partial charge in [0, 0.05) is 30.7 Å². The summed E-state index contributed by atoms with van der Waals surface area (Å²) in [6.07, 6.45) is 4.50. The van der Waals surface area contributed by atoms with Crippen LogP contribution in [0, 0.1) is 11.3 Å². The molecular weight excluding hydrogens is 340 g/mol. The molecule has 27 heavy (non-hydrogen) atoms. The van der Waals surface area contributed by atoms with E-state index in [0.29, 0.717) is 11.3 Å². The van der Waals surface area contributed by atoms with Gasteiger partial charge in [-0.1, -0.05) is 18.2 Å². The number of anilines is 1. The Kier molecular flexibility index (Phi) is 4.62. The Morgan fingerprint density at radius 2 is 2.04 bits per heavy atom. The molecule has 0 radical (unpaired) electrons. The molecule has 0 aliphatic carbocycles. The second-order valence-corrected chi connectivity index (χ2v) is 6.49. The molecule has 2 aromatic heterocycles. The SMILES string of the molecule is N#Cc1cc2ccccc2nc1N1CCC(NC(=O)c2ccncn2)CC1. The number of hydrogen-bond donors (Lipinski definition) is 1. The number of piperidine rings is 1. The van der Waals surface area contributed by atoms with E-state index in [2.05, 4.69) is 26.3 Å². The van der Waals surface area contributed by atoms with Gasteiger partial charge in [0.05, 0.1) is 11.1 Å². The van der Waals surface area contributed by atoms with Gasteiger partial charge < -0.3 is 10.2 Å². The molecule has 7 nitrogen and oxygen atoms in total. The molecule has 1 aliphatic rings. The monoisotopic (exact) mass is 358 g/mol. The van der Waals surface area contributed by atoms with Crippen molar-refractivity contribution in [2.75, 3.05) is 18.0 Å². The zero-order chi connectivity index (χ0) is 18.6. The first-order valence-corrected chi connectivity index (χ1v) is 8.86. The maximum Gasteiger partial charge on any atom is 0.270 e. The number of carbonyl (C=O) groups is 1. The third-order valence-corrected chi connectivity index (χ3v) is 4.77. The van der Waals surface area contributed by atoms with Crippen molar-refractivity contribution in [3.05, 3.63) is 60.2 Å². The Balaban J connectivity index is 1.46. The fourth-order valence-electron chi connectivity index (χ4n) is 3.35. The number of nitriles is 1. The van der Waals surface area contributed by atoms with Crippen LogP contribution in [0.4, 0.5) is 5.82 Å². The van der Waals surface area contributed by atoms with Crippen LogP contribution in [-0.4, -0.2) is 40.0 Å². The summed E-state index contributed by atoms with van der Waals surface area (Å²) in [5, 5.41) is 13.5. The molecule has 134 valence electrons. The number of benzene rings is 1. The molecule has 1 fully saturated rings. The summed E-state index contributed by atoms with van der Waals surface area (Å²) in [4.78, 5) is 26.9. The van der Waals surface area contributed by atoms with Gasteiger partial charge in [-0.25, -0.2) is 15.0 Å². The Hall–Kier alpha value is -3.53. The van der Waals surface area contributed by atoms with Crippen molar-refractivity contribution in [3.63, 3.8) is 0 Å². The first kappa shape index (κ1) is 16.9. The van der Waals surface area contributed by atoms with Gasteiger partial charge in [-0.05, 0) is 31.0 Å². The van der Waals surface area contributed by atoms with Crippen molar-refractivity contribution in [1.82, 2.24) is 20.3 Å². The lowest BCUT2D eigenvalue weighted by atomic mass is 10.0. The van der Waals surface area contributed by atoms with Gasteiger partial charge in [-0.15, -0.1) is 0 Å². The van der Waals surface area contributed by atoms with Gasteiger partial charge in [-0.3, -0.25) is 4.79 Å². The van der Waals surface area contributed by atoms with Crippen molar-refractivity contribution in [3.8, 4) is 6.07 Å². The number of fused-ring (bicyclic) bond motifs is 1. The number of para-hydroxylation sites is 1. The first-order chi connectivity index (χ1) is 13.2. The molecule has 3 aromatic rings. The van der Waals surface area contributed by atoms with Crippen LogP contribution in [0.25, 0.3) is 10.9 Å². The Morgan fingerprint density at radius 3 is 2.78 bits per heavy atom. The summed E-state index contributed by atoms with van der Waals surface area (Å²) < 4.78 is 0. The summed E-state index contributed by atoms with van der Waals surface area (Å²) in [7, 11) is 0. The van der Waals surface area contributed by atoms with Crippen LogP contribution in [0.15, 0.2) is 48.9 Å². The molecule has 0 bridgehead atoms. The van der Waals surface area contributed by atoms with Gasteiger partial charge in [0.25, 0.3) is 5.91 Å². The van der Waals surface area contributed by atoms with E-state index in [1.807, 2.05) is 30.3 Å². The first-order valence-electron chi connectivity index (χ1n) is 8.86. The highest BCUT2D eigenvalue weighted by Gasteiger charge is 2.24. The molecule has 0 saturated carbocycles. The normalized spacial score (nSPS) is 14.7. The minimum atomic E-state index is -0.183. The topological polar surface area (TPSA) is 94.8 Å². The lowest BCUT2D eigenvalue weighted by Gasteiger charge is -2.33. The van der Waals surface area contributed by atoms with Gasteiger partial charge in [0.15, 0.2) is 0 Å². The second kappa shape index (κ2) is 7.38. The third kappa shape index (κ3) is 3.55. The van der Waals surface area contributed by atoms with E-state index >= 15 is 0 Å². The van der Waals surface area contributed by atoms with E-state index in [9.17, 15) is 10.1 Å². The van der Waals surface area contributed by atoms with E-state index in [0.717, 1.165) is 42.7 Å². The number of nitrogens with one attached hydrogen (secondary N) is 1. The van der Waals surface area contributed by atoms with Crippen LogP contribution in [0.1, 0.15) is 28.9 Å². The Morgan fingerprint density at radius 1 is 1.22 bits per heavy atom. The van der Waals surface area contributed by atoms with Crippen LogP contribution < -0.4 is 10.2 Å². The molecule has 3 heterocycles. The predicted octanol–water partition coefficient (Wildman–Crippen LogP) is 2.30. The minimum absolute atomic E-state index is 0.0784. The summed E-state index contributed by atoms with van der Waals surface area (Å²) in [6.45, 7) is 1.46. The van der Waals surface area contributed by atoms with E-state index < -0.39 is 0 Å². The standard InChI is InChI=1S/C20H18N6O/c21-12-15-11-14-3-1-2-4-17(14)25-19(15)26-9-6-16(7-10-26)24-20(27)18-5-8-22-13-23-18/h1-5,8,11,13,16H,6-7,9-10H2,(H,24,27). The number of aromatic nitrogens is 3. The molecule has 1 N–H and O–H groups in total. The van der Waals surface area contributed by atoms with Gasteiger partial charge >= 0.3 is 0 Å². The molecule has 0 spiro atoms. The summed E-state index contributed by atoms with van der Waals surface area (Å²) >= 11 is 0. The number of nitrogens with zero attached hydrogens (tertiary/aromatic N) is 5. The fourth-order valence-corrected chi connectivity index (χ4v) is 3.35. The number of rotatable bonds is 3. The maximum atomic E-state index is 12.2. The highest BCUT2D eigenvalue weighted by atomic mass is 16.1. The summed E-state index contributed by atoms with van der Waals surface area (Å²) in [5.74, 6) is 0.536. The van der Waals surface area contributed by atoms with Crippen LogP contribution >= 0.6 is 0 Å². The van der Waals surface area contributed by atoms with Gasteiger partial charge in [0.2, 0.25) is 0 Å². The van der Waals surface area contributed by atoms with Crippen LogP contribution in [0.3, 0.4) is 0 Å². The van der Waals surface area contributed by atoms with Crippen molar-refractivity contribution in [1.29, 1.82) is 5.26 Å². The lowest BCUT2D eigenvalue weighted by Crippen LogP contribution is -2.45. The quantitative estimate of drug-likeness (QED) is 0.772. The van der Waals surface area contributed by atoms with Crippen molar-refractivity contribution in [2.45, 2.75) is 18.9 Å². The highest BCUT2D eigenvalue weighted by molar-refractivity contribution is 5.92. The maximum absolute atomic E-state index is 12.2. The van der Waals surface area contributed by atoms with Crippen LogP contribution in [0.5, 0.6) is 0 Å². The van der Waals surface area contributed by atoms with Crippen molar-refractivity contribution in [2.24, 2.45) is 0 Å². The number of pyridine rings is 1. The zero-order valence-electron chi connectivity index (χ0n) is 14.7. The number of amides is 1. The van der Waals surface area contributed by atoms with E-state index in [-0.39, 0.29) is 11.9 Å². The van der Waals surface area contributed by atoms with E-state index in [1.165, 1.54) is 6.33 Å². The summed E-state index contributed by atoms with van der Waals surface area (Å²) in [5.41, 5.74) is 1.83. The van der Waals surface area contributed by atoms with Crippen LogP contribution in [-0.2, 0) is 0 Å². The molecule has 1 aromatic carbocycles. The van der Waals surface area contributed by atoms with Crippen LogP contribution in [0.2, 0.25) is 0 Å². The number of carbonyl (C=O) groups excluding carboxylic acids is 1. The van der Waals surface area contributed by atoms with Gasteiger partial charge in [-0.2, -0.15) is 5.26 Å². The third-order valence-electron chi connectivity index (χ3n) is 4.77. The Labute approximate surface area is 156 Å². The molecule has 7 heteroatoms. The van der Waals surface area contributed by atoms with Crippen molar-refractivity contribution >= 4 is 22.6 Å². The molecule has 1 amide bonds. The molecule has 4 rings (SSSR count). The van der Waals surface area contributed by atoms with Crippen molar-refractivity contribution < 1.29 is 4.79 Å². The number of hydrogen-bond acceptors (Lipinski definition) is 6. The molecular formula is C20H18N6O. The average molecular weight is 358 g/mol. The smallest absolute Gasteiger partial charge is 0.270 e. The largest absolute Gasteiger partial charge is 0.355 e. The molecule has 1 saturated heterocycles. The van der Waals surface area contributed by atoms with E-state index in [1.54, 1.807) is 12.3 Å². The zero-order valence-corrected chi connectivity index (χ0v) is 14.7. The molecule has 0 atom stereocenters. The highest BCUT2D eigenvalue weighted by Crippen LogP contribution is 2.25. The minimum Gasteiger partial charge on any atom is -0.355 e.